The van der Waals surface area contributed by atoms with E-state index in [0.29, 0.717) is 30.0 Å². The van der Waals surface area contributed by atoms with Crippen LogP contribution >= 0.6 is 0 Å². The Morgan fingerprint density at radius 2 is 1.64 bits per heavy atom. The van der Waals surface area contributed by atoms with E-state index in [4.69, 9.17) is 0 Å². The molecule has 5 heteroatoms. The van der Waals surface area contributed by atoms with E-state index in [-0.39, 0.29) is 11.9 Å². The highest BCUT2D eigenvalue weighted by molar-refractivity contribution is 6.04. The summed E-state index contributed by atoms with van der Waals surface area (Å²) < 4.78 is 0. The summed E-state index contributed by atoms with van der Waals surface area (Å²) in [7, 11) is 0. The van der Waals surface area contributed by atoms with Crippen molar-refractivity contribution in [2.24, 2.45) is 0 Å². The summed E-state index contributed by atoms with van der Waals surface area (Å²) in [6, 6.07) is 15.9. The smallest absolute Gasteiger partial charge is 0.322 e. The van der Waals surface area contributed by atoms with Crippen molar-refractivity contribution >= 4 is 23.3 Å². The van der Waals surface area contributed by atoms with E-state index in [1.165, 1.54) is 0 Å². The van der Waals surface area contributed by atoms with Gasteiger partial charge in [0.15, 0.2) is 0 Å². The SMILES string of the molecule is C=C(C)CN(CC)C(=O)Nc1cccc(NC(=O)c2ccccc2)c1. The van der Waals surface area contributed by atoms with Gasteiger partial charge in [0, 0.05) is 30.0 Å². The van der Waals surface area contributed by atoms with E-state index >= 15 is 0 Å². The van der Waals surface area contributed by atoms with Gasteiger partial charge in [0.05, 0.1) is 0 Å². The van der Waals surface area contributed by atoms with Crippen molar-refractivity contribution in [2.75, 3.05) is 23.7 Å². The first-order chi connectivity index (χ1) is 12.0. The number of amides is 3. The molecular weight excluding hydrogens is 314 g/mol. The number of nitrogens with zero attached hydrogens (tertiary/aromatic N) is 1. The molecule has 3 amide bonds. The normalized spacial score (nSPS) is 10.0. The van der Waals surface area contributed by atoms with Crippen molar-refractivity contribution in [1.82, 2.24) is 4.90 Å². The molecule has 0 spiro atoms. The van der Waals surface area contributed by atoms with Crippen molar-refractivity contribution in [3.05, 3.63) is 72.3 Å². The van der Waals surface area contributed by atoms with Crippen LogP contribution in [0.5, 0.6) is 0 Å². The van der Waals surface area contributed by atoms with Crippen LogP contribution in [0.1, 0.15) is 24.2 Å². The molecule has 0 saturated heterocycles. The van der Waals surface area contributed by atoms with E-state index in [1.807, 2.05) is 32.0 Å². The van der Waals surface area contributed by atoms with Gasteiger partial charge >= 0.3 is 6.03 Å². The predicted octanol–water partition coefficient (Wildman–Crippen LogP) is 4.37. The summed E-state index contributed by atoms with van der Waals surface area (Å²) in [5.74, 6) is -0.193. The third-order valence-corrected chi connectivity index (χ3v) is 3.54. The van der Waals surface area contributed by atoms with Crippen molar-refractivity contribution < 1.29 is 9.59 Å². The van der Waals surface area contributed by atoms with Crippen LogP contribution in [0.2, 0.25) is 0 Å². The number of carbonyl (C=O) groups excluding carboxylic acids is 2. The van der Waals surface area contributed by atoms with E-state index in [9.17, 15) is 9.59 Å². The number of benzene rings is 2. The van der Waals surface area contributed by atoms with Gasteiger partial charge in [-0.15, -0.1) is 0 Å². The monoisotopic (exact) mass is 337 g/mol. The molecule has 0 radical (unpaired) electrons. The lowest BCUT2D eigenvalue weighted by molar-refractivity contribution is 0.102. The van der Waals surface area contributed by atoms with Gasteiger partial charge in [-0.3, -0.25) is 4.79 Å². The summed E-state index contributed by atoms with van der Waals surface area (Å²) in [6.45, 7) is 8.73. The topological polar surface area (TPSA) is 61.4 Å². The minimum atomic E-state index is -0.197. The summed E-state index contributed by atoms with van der Waals surface area (Å²) in [6.07, 6.45) is 0. The summed E-state index contributed by atoms with van der Waals surface area (Å²) >= 11 is 0. The lowest BCUT2D eigenvalue weighted by Crippen LogP contribution is -2.35. The Labute approximate surface area is 148 Å². The fourth-order valence-corrected chi connectivity index (χ4v) is 2.32. The number of likely N-dealkylation sites (N-methyl/N-ethyl adjacent to an activating group) is 1. The highest BCUT2D eigenvalue weighted by Gasteiger charge is 2.12. The van der Waals surface area contributed by atoms with Crippen LogP contribution in [0, 0.1) is 0 Å². The van der Waals surface area contributed by atoms with Crippen molar-refractivity contribution in [1.29, 1.82) is 0 Å². The molecule has 0 aromatic heterocycles. The van der Waals surface area contributed by atoms with Gasteiger partial charge in [-0.25, -0.2) is 4.79 Å². The number of hydrogen-bond acceptors (Lipinski definition) is 2. The van der Waals surface area contributed by atoms with Crippen LogP contribution in [-0.4, -0.2) is 29.9 Å². The van der Waals surface area contributed by atoms with Crippen LogP contribution < -0.4 is 10.6 Å². The third-order valence-electron chi connectivity index (χ3n) is 3.54. The van der Waals surface area contributed by atoms with Gasteiger partial charge in [0.25, 0.3) is 5.91 Å². The molecule has 0 atom stereocenters. The molecule has 0 saturated carbocycles. The van der Waals surface area contributed by atoms with E-state index < -0.39 is 0 Å². The molecule has 2 N–H and O–H groups in total. The number of urea groups is 1. The maximum Gasteiger partial charge on any atom is 0.322 e. The molecular formula is C20H23N3O2. The molecule has 2 aromatic carbocycles. The Balaban J connectivity index is 2.04. The molecule has 0 aliphatic rings. The molecule has 2 rings (SSSR count). The zero-order valence-corrected chi connectivity index (χ0v) is 14.6. The Morgan fingerprint density at radius 1 is 1.00 bits per heavy atom. The van der Waals surface area contributed by atoms with Crippen LogP contribution in [0.15, 0.2) is 66.7 Å². The molecule has 5 nitrogen and oxygen atoms in total. The zero-order valence-electron chi connectivity index (χ0n) is 14.6. The maximum absolute atomic E-state index is 12.3. The largest absolute Gasteiger partial charge is 0.322 e. The summed E-state index contributed by atoms with van der Waals surface area (Å²) in [5.41, 5.74) is 2.74. The summed E-state index contributed by atoms with van der Waals surface area (Å²) in [5, 5.41) is 5.68. The molecule has 25 heavy (non-hydrogen) atoms. The first-order valence-corrected chi connectivity index (χ1v) is 8.16. The molecule has 0 unspecified atom stereocenters. The second-order valence-corrected chi connectivity index (χ2v) is 5.80. The minimum Gasteiger partial charge on any atom is -0.322 e. The number of hydrogen-bond donors (Lipinski definition) is 2. The second-order valence-electron chi connectivity index (χ2n) is 5.80. The van der Waals surface area contributed by atoms with Crippen LogP contribution in [-0.2, 0) is 0 Å². The average Bonchev–Trinajstić information content (AvgIpc) is 2.60. The van der Waals surface area contributed by atoms with E-state index in [2.05, 4.69) is 17.2 Å². The van der Waals surface area contributed by atoms with E-state index in [0.717, 1.165) is 5.57 Å². The number of rotatable bonds is 6. The predicted molar refractivity (Wildman–Crippen MR) is 102 cm³/mol. The zero-order chi connectivity index (χ0) is 18.2. The maximum atomic E-state index is 12.3. The van der Waals surface area contributed by atoms with E-state index in [1.54, 1.807) is 41.3 Å². The standard InChI is InChI=1S/C20H23N3O2/c1-4-23(14-15(2)3)20(25)22-18-12-8-11-17(13-18)21-19(24)16-9-6-5-7-10-16/h5-13H,2,4,14H2,1,3H3,(H,21,24)(H,22,25). The van der Waals surface area contributed by atoms with Crippen LogP contribution in [0.3, 0.4) is 0 Å². The Bertz CT molecular complexity index is 757. The lowest BCUT2D eigenvalue weighted by atomic mass is 10.2. The Kier molecular flexibility index (Phi) is 6.34. The molecule has 0 aliphatic carbocycles. The number of anilines is 2. The Morgan fingerprint density at radius 3 is 2.24 bits per heavy atom. The summed E-state index contributed by atoms with van der Waals surface area (Å²) in [4.78, 5) is 26.2. The van der Waals surface area contributed by atoms with Gasteiger partial charge in [0.1, 0.15) is 0 Å². The fraction of sp³-hybridized carbons (Fsp3) is 0.200. The minimum absolute atomic E-state index is 0.193. The quantitative estimate of drug-likeness (QED) is 0.769. The molecule has 2 aromatic rings. The average molecular weight is 337 g/mol. The molecule has 130 valence electrons. The highest BCUT2D eigenvalue weighted by Crippen LogP contribution is 2.17. The fourth-order valence-electron chi connectivity index (χ4n) is 2.32. The van der Waals surface area contributed by atoms with Gasteiger partial charge < -0.3 is 15.5 Å². The third kappa shape index (κ3) is 5.49. The number of nitrogens with one attached hydrogen (secondary N) is 2. The first kappa shape index (κ1) is 18.3. The van der Waals surface area contributed by atoms with Gasteiger partial charge in [0.2, 0.25) is 0 Å². The lowest BCUT2D eigenvalue weighted by Gasteiger charge is -2.21. The highest BCUT2D eigenvalue weighted by atomic mass is 16.2. The first-order valence-electron chi connectivity index (χ1n) is 8.16. The Hall–Kier alpha value is -3.08. The van der Waals surface area contributed by atoms with Crippen molar-refractivity contribution in [2.45, 2.75) is 13.8 Å². The van der Waals surface area contributed by atoms with Gasteiger partial charge in [-0.1, -0.05) is 36.4 Å². The molecule has 0 bridgehead atoms. The molecule has 0 heterocycles. The van der Waals surface area contributed by atoms with Gasteiger partial charge in [-0.05, 0) is 44.2 Å². The molecule has 0 aliphatic heterocycles. The second kappa shape index (κ2) is 8.68. The van der Waals surface area contributed by atoms with Crippen molar-refractivity contribution in [3.63, 3.8) is 0 Å². The number of carbonyl (C=O) groups is 2. The van der Waals surface area contributed by atoms with Crippen LogP contribution in [0.4, 0.5) is 16.2 Å². The van der Waals surface area contributed by atoms with Crippen molar-refractivity contribution in [3.8, 4) is 0 Å². The van der Waals surface area contributed by atoms with Gasteiger partial charge in [-0.2, -0.15) is 0 Å². The molecule has 0 fully saturated rings. The van der Waals surface area contributed by atoms with Crippen LogP contribution in [0.25, 0.3) is 0 Å².